The van der Waals surface area contributed by atoms with Gasteiger partial charge in [0.2, 0.25) is 0 Å². The Morgan fingerprint density at radius 1 is 1.12 bits per heavy atom. The molecule has 40 heavy (non-hydrogen) atoms. The summed E-state index contributed by atoms with van der Waals surface area (Å²) >= 11 is 6.34. The molecule has 0 unspecified atom stereocenters. The van der Waals surface area contributed by atoms with Crippen LogP contribution in [0.1, 0.15) is 28.5 Å². The Morgan fingerprint density at radius 3 is 2.60 bits per heavy atom. The summed E-state index contributed by atoms with van der Waals surface area (Å²) in [5.74, 6) is 0.0709. The minimum Gasteiger partial charge on any atom is -0.493 e. The van der Waals surface area contributed by atoms with Gasteiger partial charge in [0.15, 0.2) is 11.5 Å². The van der Waals surface area contributed by atoms with Gasteiger partial charge in [-0.15, -0.1) is 0 Å². The molecule has 0 spiro atoms. The fraction of sp³-hybridized carbons (Fsp3) is 0.276. The van der Waals surface area contributed by atoms with Gasteiger partial charge in [-0.1, -0.05) is 29.8 Å². The van der Waals surface area contributed by atoms with Gasteiger partial charge in [0.25, 0.3) is 0 Å². The van der Waals surface area contributed by atoms with Crippen molar-refractivity contribution in [2.45, 2.75) is 20.0 Å². The van der Waals surface area contributed by atoms with Crippen LogP contribution in [0.15, 0.2) is 60.8 Å². The van der Waals surface area contributed by atoms with Crippen molar-refractivity contribution < 1.29 is 27.4 Å². The monoisotopic (exact) mass is 570 g/mol. The number of rotatable bonds is 8. The first-order valence-electron chi connectivity index (χ1n) is 12.7. The summed E-state index contributed by atoms with van der Waals surface area (Å²) in [5.41, 5.74) is 1.66. The maximum atomic E-state index is 14.1. The predicted octanol–water partition coefficient (Wildman–Crippen LogP) is 6.36. The number of benzene rings is 2. The maximum absolute atomic E-state index is 14.1. The predicted molar refractivity (Wildman–Crippen MR) is 145 cm³/mol. The highest BCUT2D eigenvalue weighted by atomic mass is 35.5. The molecule has 7 nitrogen and oxygen atoms in total. The Labute approximate surface area is 233 Å². The molecule has 4 aromatic rings. The van der Waals surface area contributed by atoms with E-state index in [0.717, 1.165) is 41.7 Å². The van der Waals surface area contributed by atoms with Crippen molar-refractivity contribution in [3.05, 3.63) is 82.6 Å². The molecule has 5 rings (SSSR count). The molecule has 1 saturated heterocycles. The van der Waals surface area contributed by atoms with Crippen LogP contribution in [0.3, 0.4) is 0 Å². The van der Waals surface area contributed by atoms with Crippen molar-refractivity contribution in [3.63, 3.8) is 0 Å². The van der Waals surface area contributed by atoms with Crippen LogP contribution in [-0.4, -0.2) is 47.0 Å². The molecule has 1 aliphatic rings. The second-order valence-electron chi connectivity index (χ2n) is 9.42. The number of hydrogen-bond donors (Lipinski definition) is 1. The molecule has 3 heterocycles. The lowest BCUT2D eigenvalue weighted by Crippen LogP contribution is -2.45. The Balaban J connectivity index is 1.53. The van der Waals surface area contributed by atoms with Crippen molar-refractivity contribution in [2.24, 2.45) is 5.92 Å². The van der Waals surface area contributed by atoms with Crippen LogP contribution in [0.2, 0.25) is 5.02 Å². The van der Waals surface area contributed by atoms with Crippen LogP contribution in [0.25, 0.3) is 28.2 Å². The average Bonchev–Trinajstić information content (AvgIpc) is 3.35. The van der Waals surface area contributed by atoms with E-state index in [1.165, 1.54) is 13.0 Å². The van der Waals surface area contributed by atoms with E-state index < -0.39 is 23.4 Å². The highest BCUT2D eigenvalue weighted by Crippen LogP contribution is 2.37. The standard InChI is InChI=1S/C29H26ClF3N4O3/c1-3-39-28(38)23-15-35-37(27(23)29(31,32)33)26-6-4-5-24(36-26)22-12-20(30)8-9-21(22)19-7-10-25(17(2)11-19)40-16-18-13-34-14-18/h4-12,15,18,34H,3,13-14,16H2,1-2H3. The molecule has 0 atom stereocenters. The Kier molecular flexibility index (Phi) is 7.82. The van der Waals surface area contributed by atoms with Crippen molar-refractivity contribution in [2.75, 3.05) is 26.3 Å². The smallest absolute Gasteiger partial charge is 0.434 e. The summed E-state index contributed by atoms with van der Waals surface area (Å²) < 4.78 is 53.6. The second kappa shape index (κ2) is 11.3. The van der Waals surface area contributed by atoms with Gasteiger partial charge in [-0.05, 0) is 66.9 Å². The van der Waals surface area contributed by atoms with Gasteiger partial charge in [-0.2, -0.15) is 18.3 Å². The summed E-state index contributed by atoms with van der Waals surface area (Å²) in [4.78, 5) is 16.7. The average molecular weight is 571 g/mol. The second-order valence-corrected chi connectivity index (χ2v) is 9.86. The van der Waals surface area contributed by atoms with Crippen LogP contribution in [0, 0.1) is 12.8 Å². The SMILES string of the molecule is CCOC(=O)c1cnn(-c2cccc(-c3cc(Cl)ccc3-c3ccc(OCC4CNC4)c(C)c3)n2)c1C(F)(F)F. The van der Waals surface area contributed by atoms with Crippen LogP contribution in [0.4, 0.5) is 13.2 Å². The van der Waals surface area contributed by atoms with E-state index in [1.807, 2.05) is 31.2 Å². The highest BCUT2D eigenvalue weighted by Gasteiger charge is 2.41. The third kappa shape index (κ3) is 5.68. The fourth-order valence-electron chi connectivity index (χ4n) is 4.48. The normalized spacial score (nSPS) is 13.7. The lowest BCUT2D eigenvalue weighted by molar-refractivity contribution is -0.143. The van der Waals surface area contributed by atoms with E-state index >= 15 is 0 Å². The Bertz CT molecular complexity index is 1550. The molecule has 11 heteroatoms. The lowest BCUT2D eigenvalue weighted by atomic mass is 9.96. The number of carbonyl (C=O) groups is 1. The zero-order valence-corrected chi connectivity index (χ0v) is 22.5. The number of aromatic nitrogens is 3. The maximum Gasteiger partial charge on any atom is 0.434 e. The first-order valence-corrected chi connectivity index (χ1v) is 13.1. The molecule has 2 aromatic carbocycles. The summed E-state index contributed by atoms with van der Waals surface area (Å²) in [6, 6.07) is 15.8. The molecule has 1 N–H and O–H groups in total. The molecule has 0 aliphatic carbocycles. The third-order valence-corrected chi connectivity index (χ3v) is 6.80. The molecule has 0 saturated carbocycles. The van der Waals surface area contributed by atoms with Gasteiger partial charge >= 0.3 is 12.1 Å². The number of pyridine rings is 1. The minimum atomic E-state index is -4.88. The summed E-state index contributed by atoms with van der Waals surface area (Å²) in [6.07, 6.45) is -4.04. The number of carbonyl (C=O) groups excluding carboxylic acids is 1. The summed E-state index contributed by atoms with van der Waals surface area (Å²) in [7, 11) is 0. The zero-order chi connectivity index (χ0) is 28.4. The van der Waals surface area contributed by atoms with Gasteiger partial charge in [0.05, 0.1) is 25.1 Å². The highest BCUT2D eigenvalue weighted by molar-refractivity contribution is 6.31. The van der Waals surface area contributed by atoms with Gasteiger partial charge < -0.3 is 14.8 Å². The number of aryl methyl sites for hydroxylation is 1. The number of nitrogens with one attached hydrogen (secondary N) is 1. The van der Waals surface area contributed by atoms with Gasteiger partial charge in [0, 0.05) is 29.6 Å². The van der Waals surface area contributed by atoms with Crippen LogP contribution < -0.4 is 10.1 Å². The number of esters is 1. The minimum absolute atomic E-state index is 0.0723. The first-order chi connectivity index (χ1) is 19.2. The molecule has 2 aromatic heterocycles. The van der Waals surface area contributed by atoms with Crippen LogP contribution >= 0.6 is 11.6 Å². The molecule has 0 radical (unpaired) electrons. The summed E-state index contributed by atoms with van der Waals surface area (Å²) in [5, 5.41) is 7.51. The largest absolute Gasteiger partial charge is 0.493 e. The first kappa shape index (κ1) is 27.7. The van der Waals surface area contributed by atoms with E-state index in [0.29, 0.717) is 33.5 Å². The number of ether oxygens (including phenoxy) is 2. The van der Waals surface area contributed by atoms with Crippen molar-refractivity contribution >= 4 is 17.6 Å². The van der Waals surface area contributed by atoms with E-state index in [1.54, 1.807) is 24.3 Å². The lowest BCUT2D eigenvalue weighted by Gasteiger charge is -2.27. The van der Waals surface area contributed by atoms with Gasteiger partial charge in [0.1, 0.15) is 11.3 Å². The van der Waals surface area contributed by atoms with E-state index in [4.69, 9.17) is 21.1 Å². The van der Waals surface area contributed by atoms with Gasteiger partial charge in [-0.25, -0.2) is 14.5 Å². The quantitative estimate of drug-likeness (QED) is 0.249. The number of nitrogens with zero attached hydrogens (tertiary/aromatic N) is 3. The van der Waals surface area contributed by atoms with E-state index in [2.05, 4.69) is 15.4 Å². The Morgan fingerprint density at radius 2 is 1.93 bits per heavy atom. The number of halogens is 4. The molecular weight excluding hydrogens is 545 g/mol. The fourth-order valence-corrected chi connectivity index (χ4v) is 4.65. The molecular formula is C29H26ClF3N4O3. The molecule has 0 bridgehead atoms. The van der Waals surface area contributed by atoms with E-state index in [9.17, 15) is 18.0 Å². The van der Waals surface area contributed by atoms with E-state index in [-0.39, 0.29) is 12.4 Å². The molecule has 1 fully saturated rings. The molecule has 1 aliphatic heterocycles. The van der Waals surface area contributed by atoms with Crippen molar-refractivity contribution in [1.29, 1.82) is 0 Å². The van der Waals surface area contributed by atoms with Crippen molar-refractivity contribution in [1.82, 2.24) is 20.1 Å². The van der Waals surface area contributed by atoms with Crippen LogP contribution in [-0.2, 0) is 10.9 Å². The summed E-state index contributed by atoms with van der Waals surface area (Å²) in [6.45, 7) is 5.94. The third-order valence-electron chi connectivity index (χ3n) is 6.57. The Hall–Kier alpha value is -3.89. The topological polar surface area (TPSA) is 78.3 Å². The number of hydrogen-bond acceptors (Lipinski definition) is 6. The van der Waals surface area contributed by atoms with Crippen molar-refractivity contribution in [3.8, 4) is 34.0 Å². The molecule has 0 amide bonds. The number of alkyl halides is 3. The zero-order valence-electron chi connectivity index (χ0n) is 21.8. The van der Waals surface area contributed by atoms with Crippen LogP contribution in [0.5, 0.6) is 5.75 Å². The van der Waals surface area contributed by atoms with Gasteiger partial charge in [-0.3, -0.25) is 0 Å². The molecule has 208 valence electrons.